The maximum absolute atomic E-state index is 11.8. The van der Waals surface area contributed by atoms with Crippen LogP contribution in [0.3, 0.4) is 0 Å². The molecule has 1 aliphatic carbocycles. The van der Waals surface area contributed by atoms with Gasteiger partial charge in [0.1, 0.15) is 18.6 Å². The maximum Gasteiger partial charge on any atom is 0.307 e. The van der Waals surface area contributed by atoms with Gasteiger partial charge in [-0.3, -0.25) is 9.69 Å². The summed E-state index contributed by atoms with van der Waals surface area (Å²) in [5.41, 5.74) is 6.02. The molecule has 4 unspecified atom stereocenters. The maximum atomic E-state index is 11.8. The van der Waals surface area contributed by atoms with Gasteiger partial charge in [0.25, 0.3) is 0 Å². The van der Waals surface area contributed by atoms with E-state index in [9.17, 15) is 15.0 Å². The SMILES string of the molecule is CCOC1CCN(C(O)c2ccc(COc3ccc(C)cc3-c3csc(N4CC5CC[C@@H](C4)C5C(=O)O)n3)c(C)c2)C1. The lowest BCUT2D eigenvalue weighted by atomic mass is 9.85. The largest absolute Gasteiger partial charge is 0.488 e. The Morgan fingerprint density at radius 2 is 1.88 bits per heavy atom. The number of carboxylic acids is 1. The third kappa shape index (κ3) is 5.93. The molecule has 3 aliphatic rings. The number of aromatic nitrogens is 1. The number of aliphatic carboxylic acids is 1. The summed E-state index contributed by atoms with van der Waals surface area (Å²) in [5, 5.41) is 23.7. The van der Waals surface area contributed by atoms with Gasteiger partial charge in [0.05, 0.1) is 17.7 Å². The molecule has 8 nitrogen and oxygen atoms in total. The van der Waals surface area contributed by atoms with Crippen molar-refractivity contribution in [2.75, 3.05) is 37.7 Å². The number of hydrogen-bond acceptors (Lipinski definition) is 8. The van der Waals surface area contributed by atoms with Gasteiger partial charge < -0.3 is 24.6 Å². The minimum absolute atomic E-state index is 0.190. The summed E-state index contributed by atoms with van der Waals surface area (Å²) in [6.45, 7) is 10.3. The van der Waals surface area contributed by atoms with Crippen molar-refractivity contribution >= 4 is 22.4 Å². The number of hydrogen-bond donors (Lipinski definition) is 2. The van der Waals surface area contributed by atoms with Crippen molar-refractivity contribution in [2.45, 2.75) is 59.0 Å². The van der Waals surface area contributed by atoms with E-state index in [4.69, 9.17) is 14.5 Å². The van der Waals surface area contributed by atoms with Crippen LogP contribution in [-0.4, -0.2) is 65.0 Å². The van der Waals surface area contributed by atoms with Crippen molar-refractivity contribution in [3.8, 4) is 17.0 Å². The minimum Gasteiger partial charge on any atom is -0.488 e. The van der Waals surface area contributed by atoms with Crippen molar-refractivity contribution in [1.29, 1.82) is 0 Å². The van der Waals surface area contributed by atoms with Crippen LogP contribution in [0.2, 0.25) is 0 Å². The number of carboxylic acid groups (broad SMARTS) is 1. The van der Waals surface area contributed by atoms with Gasteiger partial charge in [0.2, 0.25) is 0 Å². The van der Waals surface area contributed by atoms with Crippen molar-refractivity contribution < 1.29 is 24.5 Å². The Hall–Kier alpha value is -2.98. The Balaban J connectivity index is 1.13. The van der Waals surface area contributed by atoms with Crippen LogP contribution in [-0.2, 0) is 16.1 Å². The number of aryl methyl sites for hydroxylation is 2. The summed E-state index contributed by atoms with van der Waals surface area (Å²) in [4.78, 5) is 21.1. The van der Waals surface area contributed by atoms with E-state index in [0.29, 0.717) is 13.2 Å². The number of likely N-dealkylation sites (tertiary alicyclic amines) is 1. The van der Waals surface area contributed by atoms with E-state index in [1.165, 1.54) is 0 Å². The average Bonchev–Trinajstić information content (AvgIpc) is 3.71. The minimum atomic E-state index is -0.646. The van der Waals surface area contributed by atoms with Gasteiger partial charge in [0, 0.05) is 43.7 Å². The van der Waals surface area contributed by atoms with E-state index in [2.05, 4.69) is 47.2 Å². The zero-order chi connectivity index (χ0) is 29.4. The molecule has 3 fully saturated rings. The molecule has 1 saturated carbocycles. The van der Waals surface area contributed by atoms with Crippen LogP contribution in [0, 0.1) is 31.6 Å². The summed E-state index contributed by atoms with van der Waals surface area (Å²) in [5.74, 6) is 0.316. The van der Waals surface area contributed by atoms with Gasteiger partial charge in [-0.15, -0.1) is 11.3 Å². The molecule has 3 heterocycles. The smallest absolute Gasteiger partial charge is 0.307 e. The Kier molecular flexibility index (Phi) is 8.54. The topological polar surface area (TPSA) is 95.4 Å². The van der Waals surface area contributed by atoms with Gasteiger partial charge in [-0.25, -0.2) is 4.98 Å². The fourth-order valence-electron chi connectivity index (χ4n) is 7.04. The molecule has 5 atom stereocenters. The number of fused-ring (bicyclic) bond motifs is 2. The summed E-state index contributed by atoms with van der Waals surface area (Å²) in [6.07, 6.45) is 2.46. The van der Waals surface area contributed by atoms with Crippen LogP contribution in [0.1, 0.15) is 54.7 Å². The molecule has 9 heteroatoms. The Labute approximate surface area is 251 Å². The molecule has 0 amide bonds. The van der Waals surface area contributed by atoms with Crippen molar-refractivity contribution in [2.24, 2.45) is 17.8 Å². The molecule has 6 rings (SSSR count). The van der Waals surface area contributed by atoms with E-state index < -0.39 is 12.2 Å². The van der Waals surface area contributed by atoms with Crippen LogP contribution in [0.4, 0.5) is 5.13 Å². The van der Waals surface area contributed by atoms with Gasteiger partial charge in [-0.05, 0) is 80.7 Å². The first-order valence-electron chi connectivity index (χ1n) is 15.1. The molecular formula is C33H41N3O5S. The lowest BCUT2D eigenvalue weighted by Gasteiger charge is -2.35. The van der Waals surface area contributed by atoms with Crippen LogP contribution in [0.15, 0.2) is 41.8 Å². The summed E-state index contributed by atoms with van der Waals surface area (Å²) >= 11 is 1.62. The van der Waals surface area contributed by atoms with Crippen LogP contribution >= 0.6 is 11.3 Å². The van der Waals surface area contributed by atoms with E-state index in [1.807, 2.05) is 25.1 Å². The van der Waals surface area contributed by atoms with E-state index in [0.717, 1.165) is 89.8 Å². The summed E-state index contributed by atoms with van der Waals surface area (Å²) in [6, 6.07) is 12.3. The second-order valence-electron chi connectivity index (χ2n) is 12.1. The highest BCUT2D eigenvalue weighted by Crippen LogP contribution is 2.44. The molecular weight excluding hydrogens is 550 g/mol. The van der Waals surface area contributed by atoms with Gasteiger partial charge in [0.15, 0.2) is 5.13 Å². The number of aliphatic hydroxyl groups is 1. The van der Waals surface area contributed by atoms with Crippen molar-refractivity contribution in [3.63, 3.8) is 0 Å². The first-order valence-corrected chi connectivity index (χ1v) is 16.0. The predicted octanol–water partition coefficient (Wildman–Crippen LogP) is 5.65. The fourth-order valence-corrected chi connectivity index (χ4v) is 7.89. The second-order valence-corrected chi connectivity index (χ2v) is 12.9. The van der Waals surface area contributed by atoms with Gasteiger partial charge in [-0.2, -0.15) is 0 Å². The molecule has 0 spiro atoms. The fraction of sp³-hybridized carbons (Fsp3) is 0.515. The number of anilines is 1. The third-order valence-corrected chi connectivity index (χ3v) is 10.2. The Morgan fingerprint density at radius 3 is 2.60 bits per heavy atom. The lowest BCUT2D eigenvalue weighted by molar-refractivity contribution is -0.144. The number of piperidine rings is 1. The third-order valence-electron chi connectivity index (χ3n) is 9.27. The standard InChI is InChI=1S/C33H41N3O5S/c1-4-40-26-11-12-35(17-26)31(37)22-6-9-25(21(3)14-22)18-41-29-10-5-20(2)13-27(29)28-19-42-33(34-28)36-15-23-7-8-24(16-36)30(23)32(38)39/h5-6,9-10,13-14,19,23-24,26,30-31,37H,4,7-8,11-12,15-18H2,1-3H3,(H,38,39)/t23-,24?,26?,30?,31?/m0/s1. The highest BCUT2D eigenvalue weighted by atomic mass is 32.1. The van der Waals surface area contributed by atoms with Gasteiger partial charge >= 0.3 is 5.97 Å². The predicted molar refractivity (Wildman–Crippen MR) is 164 cm³/mol. The quantitative estimate of drug-likeness (QED) is 0.312. The number of ether oxygens (including phenoxy) is 2. The van der Waals surface area contributed by atoms with Gasteiger partial charge in [-0.1, -0.05) is 29.8 Å². The first kappa shape index (κ1) is 29.1. The van der Waals surface area contributed by atoms with Crippen LogP contribution in [0.25, 0.3) is 11.3 Å². The van der Waals surface area contributed by atoms with Crippen molar-refractivity contribution in [3.05, 3.63) is 64.0 Å². The lowest BCUT2D eigenvalue weighted by Crippen LogP contribution is -2.44. The van der Waals surface area contributed by atoms with E-state index >= 15 is 0 Å². The molecule has 2 aromatic carbocycles. The van der Waals surface area contributed by atoms with E-state index in [-0.39, 0.29) is 23.9 Å². The molecule has 0 radical (unpaired) electrons. The number of carbonyl (C=O) groups is 1. The number of rotatable bonds is 10. The average molecular weight is 592 g/mol. The molecule has 2 bridgehead atoms. The second kappa shape index (κ2) is 12.3. The number of thiazole rings is 1. The molecule has 2 saturated heterocycles. The van der Waals surface area contributed by atoms with Crippen LogP contribution in [0.5, 0.6) is 5.75 Å². The first-order chi connectivity index (χ1) is 20.3. The monoisotopic (exact) mass is 591 g/mol. The highest BCUT2D eigenvalue weighted by molar-refractivity contribution is 7.14. The molecule has 2 N–H and O–H groups in total. The molecule has 2 aliphatic heterocycles. The molecule has 3 aromatic rings. The number of benzene rings is 2. The highest BCUT2D eigenvalue weighted by Gasteiger charge is 2.46. The Bertz CT molecular complexity index is 1410. The Morgan fingerprint density at radius 1 is 1.10 bits per heavy atom. The zero-order valence-corrected chi connectivity index (χ0v) is 25.5. The summed E-state index contributed by atoms with van der Waals surface area (Å²) < 4.78 is 12.1. The molecule has 1 aromatic heterocycles. The molecule has 42 heavy (non-hydrogen) atoms. The van der Waals surface area contributed by atoms with Crippen molar-refractivity contribution in [1.82, 2.24) is 9.88 Å². The zero-order valence-electron chi connectivity index (χ0n) is 24.7. The van der Waals surface area contributed by atoms with E-state index in [1.54, 1.807) is 11.3 Å². The van der Waals surface area contributed by atoms with Crippen LogP contribution < -0.4 is 9.64 Å². The molecule has 224 valence electrons. The number of nitrogens with zero attached hydrogens (tertiary/aromatic N) is 3. The normalized spacial score (nSPS) is 24.7. The summed E-state index contributed by atoms with van der Waals surface area (Å²) in [7, 11) is 0. The number of aliphatic hydroxyl groups excluding tert-OH is 1.